The molecule has 2 aliphatic rings. The highest BCUT2D eigenvalue weighted by Crippen LogP contribution is 2.21. The van der Waals surface area contributed by atoms with Crippen LogP contribution in [0, 0.1) is 5.92 Å². The van der Waals surface area contributed by atoms with Crippen molar-refractivity contribution in [3.63, 3.8) is 0 Å². The first-order valence-electron chi connectivity index (χ1n) is 8.36. The zero-order chi connectivity index (χ0) is 15.1. The molecule has 120 valence electrons. The Morgan fingerprint density at radius 3 is 2.81 bits per heavy atom. The van der Waals surface area contributed by atoms with E-state index in [1.54, 1.807) is 0 Å². The first kappa shape index (κ1) is 16.3. The van der Waals surface area contributed by atoms with Crippen molar-refractivity contribution < 1.29 is 14.3 Å². The Balaban J connectivity index is 1.71. The fraction of sp³-hybridized carbons (Fsp3) is 0.875. The van der Waals surface area contributed by atoms with E-state index in [9.17, 15) is 9.59 Å². The Morgan fingerprint density at radius 1 is 1.33 bits per heavy atom. The van der Waals surface area contributed by atoms with Gasteiger partial charge in [0.05, 0.1) is 5.92 Å². The summed E-state index contributed by atoms with van der Waals surface area (Å²) < 4.78 is 5.29. The number of carbonyl (C=O) groups is 2. The molecule has 2 amide bonds. The van der Waals surface area contributed by atoms with E-state index >= 15 is 0 Å². The third-order valence-corrected chi connectivity index (χ3v) is 4.46. The fourth-order valence-electron chi connectivity index (χ4n) is 3.23. The lowest BCUT2D eigenvalue weighted by Crippen LogP contribution is -2.40. The molecule has 0 radical (unpaired) electrons. The second-order valence-electron chi connectivity index (χ2n) is 6.13. The second-order valence-corrected chi connectivity index (χ2v) is 6.13. The lowest BCUT2D eigenvalue weighted by atomic mass is 9.95. The number of nitrogens with zero attached hydrogens (tertiary/aromatic N) is 1. The third-order valence-electron chi connectivity index (χ3n) is 4.46. The maximum atomic E-state index is 12.3. The van der Waals surface area contributed by atoms with E-state index < -0.39 is 0 Å². The maximum absolute atomic E-state index is 12.3. The van der Waals surface area contributed by atoms with Gasteiger partial charge < -0.3 is 15.0 Å². The van der Waals surface area contributed by atoms with Crippen LogP contribution in [0.15, 0.2) is 0 Å². The minimum atomic E-state index is -0.161. The van der Waals surface area contributed by atoms with Gasteiger partial charge in [-0.1, -0.05) is 19.3 Å². The SMILES string of the molecule is CCOCCCN1CC(C(=O)NC2CCCCC2)CC1=O. The third kappa shape index (κ3) is 4.99. The van der Waals surface area contributed by atoms with Crippen molar-refractivity contribution in [3.05, 3.63) is 0 Å². The number of carbonyl (C=O) groups excluding carboxylic acids is 2. The molecule has 5 heteroatoms. The second kappa shape index (κ2) is 8.37. The van der Waals surface area contributed by atoms with Gasteiger partial charge >= 0.3 is 0 Å². The molecule has 1 saturated carbocycles. The first-order valence-corrected chi connectivity index (χ1v) is 8.36. The molecule has 1 saturated heterocycles. The van der Waals surface area contributed by atoms with Crippen LogP contribution in [0.2, 0.25) is 0 Å². The lowest BCUT2D eigenvalue weighted by Gasteiger charge is -2.24. The molecule has 2 rings (SSSR count). The number of hydrogen-bond acceptors (Lipinski definition) is 3. The van der Waals surface area contributed by atoms with Crippen LogP contribution >= 0.6 is 0 Å². The van der Waals surface area contributed by atoms with Crippen LogP contribution in [-0.2, 0) is 14.3 Å². The average molecular weight is 296 g/mol. The first-order chi connectivity index (χ1) is 10.2. The van der Waals surface area contributed by atoms with Crippen molar-refractivity contribution in [2.24, 2.45) is 5.92 Å². The highest BCUT2D eigenvalue weighted by molar-refractivity contribution is 5.89. The largest absolute Gasteiger partial charge is 0.382 e. The lowest BCUT2D eigenvalue weighted by molar-refractivity contribution is -0.129. The Bertz CT molecular complexity index is 353. The van der Waals surface area contributed by atoms with Crippen molar-refractivity contribution in [3.8, 4) is 0 Å². The van der Waals surface area contributed by atoms with Gasteiger partial charge in [0.25, 0.3) is 0 Å². The van der Waals surface area contributed by atoms with Crippen molar-refractivity contribution in [1.82, 2.24) is 10.2 Å². The van der Waals surface area contributed by atoms with Crippen LogP contribution in [-0.4, -0.2) is 49.1 Å². The highest BCUT2D eigenvalue weighted by Gasteiger charge is 2.34. The van der Waals surface area contributed by atoms with Gasteiger partial charge in [-0.3, -0.25) is 9.59 Å². The van der Waals surface area contributed by atoms with Crippen LogP contribution in [0.5, 0.6) is 0 Å². The number of nitrogens with one attached hydrogen (secondary N) is 1. The summed E-state index contributed by atoms with van der Waals surface area (Å²) in [6, 6.07) is 0.327. The molecule has 5 nitrogen and oxygen atoms in total. The molecule has 1 N–H and O–H groups in total. The summed E-state index contributed by atoms with van der Waals surface area (Å²) in [7, 11) is 0. The van der Waals surface area contributed by atoms with Gasteiger partial charge in [0, 0.05) is 38.8 Å². The minimum absolute atomic E-state index is 0.0718. The smallest absolute Gasteiger partial charge is 0.225 e. The zero-order valence-corrected chi connectivity index (χ0v) is 13.1. The topological polar surface area (TPSA) is 58.6 Å². The summed E-state index contributed by atoms with van der Waals surface area (Å²) in [5.41, 5.74) is 0. The van der Waals surface area contributed by atoms with Gasteiger partial charge in [-0.05, 0) is 26.2 Å². The molecule has 1 aliphatic heterocycles. The van der Waals surface area contributed by atoms with Crippen molar-refractivity contribution in [2.75, 3.05) is 26.3 Å². The van der Waals surface area contributed by atoms with Gasteiger partial charge in [0.1, 0.15) is 0 Å². The van der Waals surface area contributed by atoms with Gasteiger partial charge in [-0.15, -0.1) is 0 Å². The summed E-state index contributed by atoms with van der Waals surface area (Å²) in [5, 5.41) is 3.14. The van der Waals surface area contributed by atoms with Crippen molar-refractivity contribution in [2.45, 2.75) is 57.9 Å². The van der Waals surface area contributed by atoms with Gasteiger partial charge in [0.15, 0.2) is 0 Å². The van der Waals surface area contributed by atoms with E-state index in [2.05, 4.69) is 5.32 Å². The number of amides is 2. The minimum Gasteiger partial charge on any atom is -0.382 e. The summed E-state index contributed by atoms with van der Waals surface area (Å²) in [5.74, 6) is 0.0179. The van der Waals surface area contributed by atoms with Gasteiger partial charge in [-0.2, -0.15) is 0 Å². The molecule has 2 fully saturated rings. The number of likely N-dealkylation sites (tertiary alicyclic amines) is 1. The van der Waals surface area contributed by atoms with E-state index in [0.29, 0.717) is 38.8 Å². The Hall–Kier alpha value is -1.10. The van der Waals surface area contributed by atoms with E-state index in [1.165, 1.54) is 19.3 Å². The Kier molecular flexibility index (Phi) is 6.49. The maximum Gasteiger partial charge on any atom is 0.225 e. The molecule has 1 heterocycles. The number of hydrogen-bond donors (Lipinski definition) is 1. The molecular weight excluding hydrogens is 268 g/mol. The Morgan fingerprint density at radius 2 is 2.10 bits per heavy atom. The molecule has 0 bridgehead atoms. The molecule has 0 aromatic heterocycles. The van der Waals surface area contributed by atoms with E-state index in [0.717, 1.165) is 19.3 Å². The molecule has 1 atom stereocenters. The number of ether oxygens (including phenoxy) is 1. The molecule has 21 heavy (non-hydrogen) atoms. The summed E-state index contributed by atoms with van der Waals surface area (Å²) in [4.78, 5) is 26.0. The molecular formula is C16H28N2O3. The fourth-order valence-corrected chi connectivity index (χ4v) is 3.23. The van der Waals surface area contributed by atoms with Crippen LogP contribution in [0.1, 0.15) is 51.9 Å². The predicted molar refractivity (Wildman–Crippen MR) is 80.8 cm³/mol. The predicted octanol–water partition coefficient (Wildman–Crippen LogP) is 1.71. The van der Waals surface area contributed by atoms with Crippen molar-refractivity contribution in [1.29, 1.82) is 0 Å². The zero-order valence-electron chi connectivity index (χ0n) is 13.1. The Labute approximate surface area is 127 Å². The molecule has 0 aromatic carbocycles. The highest BCUT2D eigenvalue weighted by atomic mass is 16.5. The van der Waals surface area contributed by atoms with E-state index in [-0.39, 0.29) is 17.7 Å². The van der Waals surface area contributed by atoms with E-state index in [1.807, 2.05) is 11.8 Å². The number of rotatable bonds is 7. The van der Waals surface area contributed by atoms with Crippen molar-refractivity contribution >= 4 is 11.8 Å². The monoisotopic (exact) mass is 296 g/mol. The average Bonchev–Trinajstić information content (AvgIpc) is 2.86. The molecule has 1 unspecified atom stereocenters. The normalized spacial score (nSPS) is 23.6. The van der Waals surface area contributed by atoms with Gasteiger partial charge in [0.2, 0.25) is 11.8 Å². The molecule has 0 aromatic rings. The van der Waals surface area contributed by atoms with Crippen LogP contribution < -0.4 is 5.32 Å². The molecule has 1 aliphatic carbocycles. The van der Waals surface area contributed by atoms with Crippen LogP contribution in [0.4, 0.5) is 0 Å². The van der Waals surface area contributed by atoms with Gasteiger partial charge in [-0.25, -0.2) is 0 Å². The van der Waals surface area contributed by atoms with E-state index in [4.69, 9.17) is 4.74 Å². The molecule has 0 spiro atoms. The standard InChI is InChI=1S/C16H28N2O3/c1-2-21-10-6-9-18-12-13(11-15(18)19)16(20)17-14-7-4-3-5-8-14/h13-14H,2-12H2,1H3,(H,17,20). The summed E-state index contributed by atoms with van der Waals surface area (Å²) in [6.07, 6.45) is 7.08. The van der Waals surface area contributed by atoms with Crippen LogP contribution in [0.3, 0.4) is 0 Å². The summed E-state index contributed by atoms with van der Waals surface area (Å²) in [6.45, 7) is 4.63. The quantitative estimate of drug-likeness (QED) is 0.728. The summed E-state index contributed by atoms with van der Waals surface area (Å²) >= 11 is 0. The van der Waals surface area contributed by atoms with Crippen LogP contribution in [0.25, 0.3) is 0 Å².